The van der Waals surface area contributed by atoms with Crippen molar-refractivity contribution < 1.29 is 14.2 Å². The highest BCUT2D eigenvalue weighted by Gasteiger charge is 2.32. The standard InChI is InChI=1S/C17H26FNO2/c1-13(2)10-19-11-14-9-15(18)5-6-16(14)21-12-17(20)7-3-4-8-17/h5-6,9,13,19-20H,3-4,7-8,10-12H2,1-2H3. The Morgan fingerprint density at radius 3 is 2.71 bits per heavy atom. The zero-order valence-electron chi connectivity index (χ0n) is 13.0. The van der Waals surface area contributed by atoms with Gasteiger partial charge in [-0.3, -0.25) is 0 Å². The third-order valence-electron chi connectivity index (χ3n) is 3.92. The number of nitrogens with one attached hydrogen (secondary N) is 1. The first-order chi connectivity index (χ1) is 9.98. The molecular formula is C17H26FNO2. The van der Waals surface area contributed by atoms with Gasteiger partial charge in [-0.05, 0) is 43.5 Å². The van der Waals surface area contributed by atoms with Gasteiger partial charge in [0.15, 0.2) is 0 Å². The molecule has 1 aliphatic carbocycles. The fraction of sp³-hybridized carbons (Fsp3) is 0.647. The average molecular weight is 295 g/mol. The van der Waals surface area contributed by atoms with Gasteiger partial charge in [-0.25, -0.2) is 4.39 Å². The van der Waals surface area contributed by atoms with Gasteiger partial charge in [-0.2, -0.15) is 0 Å². The molecule has 3 nitrogen and oxygen atoms in total. The minimum absolute atomic E-state index is 0.261. The largest absolute Gasteiger partial charge is 0.490 e. The highest BCUT2D eigenvalue weighted by Crippen LogP contribution is 2.31. The van der Waals surface area contributed by atoms with E-state index in [4.69, 9.17) is 4.74 Å². The fourth-order valence-electron chi connectivity index (χ4n) is 2.71. The van der Waals surface area contributed by atoms with Gasteiger partial charge in [0.1, 0.15) is 18.2 Å². The van der Waals surface area contributed by atoms with Crippen LogP contribution in [0.25, 0.3) is 0 Å². The van der Waals surface area contributed by atoms with E-state index in [1.807, 2.05) is 0 Å². The quantitative estimate of drug-likeness (QED) is 0.811. The first-order valence-electron chi connectivity index (χ1n) is 7.83. The summed E-state index contributed by atoms with van der Waals surface area (Å²) in [6.07, 6.45) is 3.67. The highest BCUT2D eigenvalue weighted by atomic mass is 19.1. The summed E-state index contributed by atoms with van der Waals surface area (Å²) in [5.41, 5.74) is 0.0917. The summed E-state index contributed by atoms with van der Waals surface area (Å²) in [6, 6.07) is 4.56. The summed E-state index contributed by atoms with van der Waals surface area (Å²) in [7, 11) is 0. The second-order valence-electron chi connectivity index (χ2n) is 6.50. The summed E-state index contributed by atoms with van der Waals surface area (Å²) >= 11 is 0. The van der Waals surface area contributed by atoms with Crippen molar-refractivity contribution in [2.24, 2.45) is 5.92 Å². The molecule has 2 rings (SSSR count). The first kappa shape index (κ1) is 16.2. The Bertz CT molecular complexity index is 456. The average Bonchev–Trinajstić information content (AvgIpc) is 2.85. The molecule has 0 unspecified atom stereocenters. The molecule has 2 N–H and O–H groups in total. The molecular weight excluding hydrogens is 269 g/mol. The molecule has 0 atom stereocenters. The summed E-state index contributed by atoms with van der Waals surface area (Å²) in [6.45, 7) is 6.00. The zero-order valence-corrected chi connectivity index (χ0v) is 13.0. The van der Waals surface area contributed by atoms with E-state index in [2.05, 4.69) is 19.2 Å². The van der Waals surface area contributed by atoms with E-state index in [1.165, 1.54) is 12.1 Å². The van der Waals surface area contributed by atoms with Crippen molar-refractivity contribution in [1.29, 1.82) is 0 Å². The van der Waals surface area contributed by atoms with Crippen molar-refractivity contribution in [3.8, 4) is 5.75 Å². The molecule has 21 heavy (non-hydrogen) atoms. The maximum atomic E-state index is 13.4. The van der Waals surface area contributed by atoms with Gasteiger partial charge in [-0.15, -0.1) is 0 Å². The van der Waals surface area contributed by atoms with E-state index in [9.17, 15) is 9.50 Å². The summed E-state index contributed by atoms with van der Waals surface area (Å²) in [5, 5.41) is 13.6. The van der Waals surface area contributed by atoms with Gasteiger partial charge in [0.05, 0.1) is 5.60 Å². The second kappa shape index (κ2) is 7.23. The Balaban J connectivity index is 1.97. The lowest BCUT2D eigenvalue weighted by Gasteiger charge is -2.23. The van der Waals surface area contributed by atoms with Crippen LogP contribution in [0.4, 0.5) is 4.39 Å². The maximum Gasteiger partial charge on any atom is 0.124 e. The monoisotopic (exact) mass is 295 g/mol. The topological polar surface area (TPSA) is 41.5 Å². The van der Waals surface area contributed by atoms with E-state index < -0.39 is 5.60 Å². The zero-order chi connectivity index (χ0) is 15.3. The molecule has 0 aromatic heterocycles. The summed E-state index contributed by atoms with van der Waals surface area (Å²) in [5.74, 6) is 0.943. The number of ether oxygens (including phenoxy) is 1. The molecule has 0 saturated heterocycles. The van der Waals surface area contributed by atoms with E-state index >= 15 is 0 Å². The normalized spacial score (nSPS) is 17.4. The molecule has 0 amide bonds. The minimum atomic E-state index is -0.711. The van der Waals surface area contributed by atoms with E-state index in [1.54, 1.807) is 6.07 Å². The van der Waals surface area contributed by atoms with Crippen LogP contribution >= 0.6 is 0 Å². The lowest BCUT2D eigenvalue weighted by Crippen LogP contribution is -2.32. The molecule has 0 radical (unpaired) electrons. The molecule has 4 heteroatoms. The summed E-state index contributed by atoms with van der Waals surface area (Å²) < 4.78 is 19.2. The van der Waals surface area contributed by atoms with Crippen LogP contribution in [0.5, 0.6) is 5.75 Å². The molecule has 0 spiro atoms. The van der Waals surface area contributed by atoms with Crippen LogP contribution < -0.4 is 10.1 Å². The number of hydrogen-bond donors (Lipinski definition) is 2. The molecule has 1 aliphatic rings. The number of hydrogen-bond acceptors (Lipinski definition) is 3. The Hall–Kier alpha value is -1.13. The van der Waals surface area contributed by atoms with Crippen LogP contribution in [0.2, 0.25) is 0 Å². The van der Waals surface area contributed by atoms with Crippen LogP contribution in [0, 0.1) is 11.7 Å². The molecule has 1 fully saturated rings. The minimum Gasteiger partial charge on any atom is -0.490 e. The number of rotatable bonds is 7. The Morgan fingerprint density at radius 2 is 2.05 bits per heavy atom. The predicted molar refractivity (Wildman–Crippen MR) is 81.9 cm³/mol. The van der Waals surface area contributed by atoms with Crippen molar-refractivity contribution in [2.45, 2.75) is 51.7 Å². The highest BCUT2D eigenvalue weighted by molar-refractivity contribution is 5.34. The van der Waals surface area contributed by atoms with Gasteiger partial charge in [0.2, 0.25) is 0 Å². The summed E-state index contributed by atoms with van der Waals surface area (Å²) in [4.78, 5) is 0. The third-order valence-corrected chi connectivity index (χ3v) is 3.92. The second-order valence-corrected chi connectivity index (χ2v) is 6.50. The smallest absolute Gasteiger partial charge is 0.124 e. The van der Waals surface area contributed by atoms with Gasteiger partial charge in [0, 0.05) is 12.1 Å². The molecule has 1 aromatic carbocycles. The maximum absolute atomic E-state index is 13.4. The van der Waals surface area contributed by atoms with Crippen LogP contribution in [-0.4, -0.2) is 23.9 Å². The lowest BCUT2D eigenvalue weighted by molar-refractivity contribution is 0.00109. The van der Waals surface area contributed by atoms with E-state index in [0.717, 1.165) is 37.8 Å². The van der Waals surface area contributed by atoms with Crippen molar-refractivity contribution >= 4 is 0 Å². The Morgan fingerprint density at radius 1 is 1.33 bits per heavy atom. The molecule has 0 bridgehead atoms. The van der Waals surface area contributed by atoms with Crippen LogP contribution in [-0.2, 0) is 6.54 Å². The van der Waals surface area contributed by atoms with Gasteiger partial charge < -0.3 is 15.2 Å². The molecule has 0 aliphatic heterocycles. The molecule has 1 aromatic rings. The van der Waals surface area contributed by atoms with Crippen molar-refractivity contribution in [3.05, 3.63) is 29.6 Å². The van der Waals surface area contributed by atoms with E-state index in [0.29, 0.717) is 18.2 Å². The number of aliphatic hydroxyl groups is 1. The SMILES string of the molecule is CC(C)CNCc1cc(F)ccc1OCC1(O)CCCC1. The van der Waals surface area contributed by atoms with Crippen molar-refractivity contribution in [2.75, 3.05) is 13.2 Å². The third kappa shape index (κ3) is 4.97. The van der Waals surface area contributed by atoms with Gasteiger partial charge in [0.25, 0.3) is 0 Å². The number of benzene rings is 1. The first-order valence-corrected chi connectivity index (χ1v) is 7.83. The predicted octanol–water partition coefficient (Wildman–Crippen LogP) is 3.26. The molecule has 0 heterocycles. The number of halogens is 1. The van der Waals surface area contributed by atoms with Gasteiger partial charge in [-0.1, -0.05) is 26.7 Å². The Labute approximate surface area is 126 Å². The van der Waals surface area contributed by atoms with Crippen LogP contribution in [0.3, 0.4) is 0 Å². The van der Waals surface area contributed by atoms with E-state index in [-0.39, 0.29) is 12.4 Å². The molecule has 118 valence electrons. The van der Waals surface area contributed by atoms with Crippen LogP contribution in [0.15, 0.2) is 18.2 Å². The van der Waals surface area contributed by atoms with Crippen molar-refractivity contribution in [1.82, 2.24) is 5.32 Å². The van der Waals surface area contributed by atoms with Crippen LogP contribution in [0.1, 0.15) is 45.1 Å². The fourth-order valence-corrected chi connectivity index (χ4v) is 2.71. The lowest BCUT2D eigenvalue weighted by atomic mass is 10.0. The van der Waals surface area contributed by atoms with Gasteiger partial charge >= 0.3 is 0 Å². The van der Waals surface area contributed by atoms with Crippen molar-refractivity contribution in [3.63, 3.8) is 0 Å². The Kier molecular flexibility index (Phi) is 5.59. The molecule has 1 saturated carbocycles.